The zero-order valence-electron chi connectivity index (χ0n) is 14.3. The molecule has 1 aliphatic rings. The van der Waals surface area contributed by atoms with Crippen molar-refractivity contribution in [3.63, 3.8) is 0 Å². The number of rotatable bonds is 5. The zero-order valence-corrected chi connectivity index (χ0v) is 16.0. The van der Waals surface area contributed by atoms with Crippen LogP contribution in [0.15, 0.2) is 65.7 Å². The van der Waals surface area contributed by atoms with Gasteiger partial charge in [-0.25, -0.2) is 4.79 Å². The lowest BCUT2D eigenvalue weighted by molar-refractivity contribution is -0.158. The molecule has 1 heterocycles. The smallest absolute Gasteiger partial charge is 0.364 e. The summed E-state index contributed by atoms with van der Waals surface area (Å²) in [5, 5.41) is 0.151. The first-order chi connectivity index (χ1) is 12.5. The lowest BCUT2D eigenvalue weighted by Crippen LogP contribution is -2.38. The number of hydrogen-bond acceptors (Lipinski definition) is 5. The van der Waals surface area contributed by atoms with E-state index in [0.717, 1.165) is 0 Å². The molecule has 0 aliphatic carbocycles. The molecule has 3 rings (SSSR count). The van der Waals surface area contributed by atoms with Gasteiger partial charge in [-0.2, -0.15) is 0 Å². The van der Waals surface area contributed by atoms with E-state index in [9.17, 15) is 9.36 Å². The molecule has 0 aromatic heterocycles. The molecule has 2 aromatic carbocycles. The second-order valence-corrected chi connectivity index (χ2v) is 7.94. The number of carbonyl (C=O) groups excluding carboxylic acids is 1. The van der Waals surface area contributed by atoms with Crippen molar-refractivity contribution in [2.75, 3.05) is 13.7 Å². The molecule has 0 bridgehead atoms. The van der Waals surface area contributed by atoms with E-state index in [0.29, 0.717) is 11.1 Å². The summed E-state index contributed by atoms with van der Waals surface area (Å²) >= 11 is 6.67. The molecule has 5 nitrogen and oxygen atoms in total. The molecule has 7 heteroatoms. The van der Waals surface area contributed by atoms with Crippen LogP contribution in [0, 0.1) is 0 Å². The topological polar surface area (TPSA) is 61.8 Å². The van der Waals surface area contributed by atoms with E-state index in [1.807, 2.05) is 6.07 Å². The van der Waals surface area contributed by atoms with Crippen LogP contribution in [0.2, 0.25) is 0 Å². The number of halogens is 1. The number of hydrogen-bond donors (Lipinski definition) is 0. The average Bonchev–Trinajstić information content (AvgIpc) is 2.92. The predicted molar refractivity (Wildman–Crippen MR) is 99.7 cm³/mol. The van der Waals surface area contributed by atoms with E-state index in [4.69, 9.17) is 25.4 Å². The van der Waals surface area contributed by atoms with Crippen molar-refractivity contribution in [1.29, 1.82) is 0 Å². The van der Waals surface area contributed by atoms with Gasteiger partial charge in [-0.05, 0) is 12.5 Å². The molecule has 0 spiro atoms. The lowest BCUT2D eigenvalue weighted by atomic mass is 9.92. The highest BCUT2D eigenvalue weighted by atomic mass is 35.5. The van der Waals surface area contributed by atoms with Crippen molar-refractivity contribution in [1.82, 2.24) is 0 Å². The number of benzene rings is 2. The summed E-state index contributed by atoms with van der Waals surface area (Å²) in [6, 6.07) is 17.5. The van der Waals surface area contributed by atoms with Gasteiger partial charge >= 0.3 is 13.6 Å². The van der Waals surface area contributed by atoms with Crippen LogP contribution < -0.4 is 0 Å². The second-order valence-electron chi connectivity index (χ2n) is 5.57. The van der Waals surface area contributed by atoms with Crippen molar-refractivity contribution >= 4 is 30.5 Å². The molecule has 136 valence electrons. The maximum atomic E-state index is 13.4. The Balaban J connectivity index is 2.31. The molecule has 1 aliphatic heterocycles. The summed E-state index contributed by atoms with van der Waals surface area (Å²) in [5.41, 5.74) is -0.855. The van der Waals surface area contributed by atoms with Crippen LogP contribution in [0.3, 0.4) is 0 Å². The molecule has 2 atom stereocenters. The second kappa shape index (κ2) is 7.37. The van der Waals surface area contributed by atoms with E-state index in [1.165, 1.54) is 7.11 Å². The van der Waals surface area contributed by atoms with Crippen LogP contribution in [-0.4, -0.2) is 19.7 Å². The number of esters is 1. The quantitative estimate of drug-likeness (QED) is 0.533. The van der Waals surface area contributed by atoms with Gasteiger partial charge < -0.3 is 9.26 Å². The van der Waals surface area contributed by atoms with Gasteiger partial charge in [-0.1, -0.05) is 72.3 Å². The van der Waals surface area contributed by atoms with Crippen molar-refractivity contribution < 1.29 is 23.1 Å². The Morgan fingerprint density at radius 3 is 2.23 bits per heavy atom. The fourth-order valence-electron chi connectivity index (χ4n) is 2.89. The Morgan fingerprint density at radius 2 is 1.69 bits per heavy atom. The fourth-order valence-corrected chi connectivity index (χ4v) is 5.43. The molecule has 0 N–H and O–H groups in total. The Morgan fingerprint density at radius 1 is 1.12 bits per heavy atom. The van der Waals surface area contributed by atoms with Gasteiger partial charge in [0.2, 0.25) is 5.60 Å². The van der Waals surface area contributed by atoms with Gasteiger partial charge in [0.15, 0.2) is 0 Å². The molecule has 0 amide bonds. The van der Waals surface area contributed by atoms with Gasteiger partial charge in [-0.15, -0.1) is 0 Å². The first-order valence-electron chi connectivity index (χ1n) is 8.05. The minimum Gasteiger partial charge on any atom is -0.463 e. The monoisotopic (exact) mass is 392 g/mol. The van der Waals surface area contributed by atoms with Crippen LogP contribution in [0.25, 0.3) is 5.31 Å². The molecule has 0 saturated heterocycles. The maximum Gasteiger partial charge on any atom is 0.364 e. The highest BCUT2D eigenvalue weighted by molar-refractivity contribution is 7.65. The van der Waals surface area contributed by atoms with E-state index >= 15 is 0 Å². The summed E-state index contributed by atoms with van der Waals surface area (Å²) in [7, 11) is -2.59. The summed E-state index contributed by atoms with van der Waals surface area (Å²) in [6.45, 7) is 1.80. The first-order valence-corrected chi connectivity index (χ1v) is 9.97. The molecule has 2 aromatic rings. The van der Waals surface area contributed by atoms with Gasteiger partial charge in [0.1, 0.15) is 0 Å². The van der Waals surface area contributed by atoms with Gasteiger partial charge in [0, 0.05) is 12.7 Å². The standard InChI is InChI=1S/C19H18ClO5P/c1-3-24-18(21)19(15-12-8-5-9-13-15)17(20)16(26(22,23-2)25-19)14-10-6-4-7-11-14/h4-13H,3H2,1-2H3. The first kappa shape index (κ1) is 18.9. The molecule has 0 saturated carbocycles. The Bertz CT molecular complexity index is 881. The van der Waals surface area contributed by atoms with E-state index < -0.39 is 19.2 Å². The average molecular weight is 393 g/mol. The lowest BCUT2D eigenvalue weighted by Gasteiger charge is -2.27. The third-order valence-electron chi connectivity index (χ3n) is 4.08. The maximum absolute atomic E-state index is 13.4. The fraction of sp³-hybridized carbons (Fsp3) is 0.211. The van der Waals surface area contributed by atoms with Gasteiger partial charge in [-0.3, -0.25) is 9.09 Å². The normalized spacial score (nSPS) is 25.3. The molecule has 0 radical (unpaired) electrons. The highest BCUT2D eigenvalue weighted by Crippen LogP contribution is 2.72. The number of carbonyl (C=O) groups is 1. The van der Waals surface area contributed by atoms with Crippen LogP contribution in [-0.2, 0) is 28.7 Å². The molecular formula is C19H18ClO5P. The van der Waals surface area contributed by atoms with Crippen molar-refractivity contribution in [3.05, 3.63) is 76.8 Å². The van der Waals surface area contributed by atoms with Crippen LogP contribution in [0.4, 0.5) is 0 Å². The van der Waals surface area contributed by atoms with Crippen molar-refractivity contribution in [2.45, 2.75) is 12.5 Å². The SMILES string of the molecule is CCOC(=O)C1(c2ccccc2)OP(=O)(OC)C(c2ccccc2)=C1Cl. The van der Waals surface area contributed by atoms with Crippen LogP contribution >= 0.6 is 19.2 Å². The zero-order chi connectivity index (χ0) is 18.8. The predicted octanol–water partition coefficient (Wildman–Crippen LogP) is 4.92. The summed E-state index contributed by atoms with van der Waals surface area (Å²) in [6.07, 6.45) is 0. The van der Waals surface area contributed by atoms with E-state index in [2.05, 4.69) is 0 Å². The molecule has 0 fully saturated rings. The summed E-state index contributed by atoms with van der Waals surface area (Å²) < 4.78 is 29.7. The third kappa shape index (κ3) is 2.91. The van der Waals surface area contributed by atoms with E-state index in [-0.39, 0.29) is 17.0 Å². The summed E-state index contributed by atoms with van der Waals surface area (Å²) in [4.78, 5) is 12.9. The largest absolute Gasteiger partial charge is 0.463 e. The Labute approximate surface area is 157 Å². The third-order valence-corrected chi connectivity index (χ3v) is 6.69. The summed E-state index contributed by atoms with van der Waals surface area (Å²) in [5.74, 6) is -0.737. The van der Waals surface area contributed by atoms with Crippen LogP contribution in [0.1, 0.15) is 18.1 Å². The van der Waals surface area contributed by atoms with E-state index in [1.54, 1.807) is 61.5 Å². The minimum atomic E-state index is -3.86. The van der Waals surface area contributed by atoms with Crippen molar-refractivity contribution in [3.8, 4) is 0 Å². The van der Waals surface area contributed by atoms with Gasteiger partial charge in [0.05, 0.1) is 17.0 Å². The molecular weight excluding hydrogens is 375 g/mol. The molecule has 2 unspecified atom stereocenters. The number of ether oxygens (including phenoxy) is 1. The van der Waals surface area contributed by atoms with Crippen molar-refractivity contribution in [2.24, 2.45) is 0 Å². The van der Waals surface area contributed by atoms with Crippen LogP contribution in [0.5, 0.6) is 0 Å². The highest BCUT2D eigenvalue weighted by Gasteiger charge is 2.60. The molecule has 26 heavy (non-hydrogen) atoms. The Kier molecular flexibility index (Phi) is 5.35. The minimum absolute atomic E-state index is 0.0152. The van der Waals surface area contributed by atoms with Gasteiger partial charge in [0.25, 0.3) is 0 Å². The Hall–Kier alpha value is -1.91.